The summed E-state index contributed by atoms with van der Waals surface area (Å²) < 4.78 is 5.31. The molecule has 0 aromatic heterocycles. The average Bonchev–Trinajstić information content (AvgIpc) is 2.48. The van der Waals surface area contributed by atoms with E-state index in [1.807, 2.05) is 18.8 Å². The molecule has 1 aromatic rings. The fourth-order valence-electron chi connectivity index (χ4n) is 2.19. The van der Waals surface area contributed by atoms with Crippen LogP contribution in [0.1, 0.15) is 30.5 Å². The summed E-state index contributed by atoms with van der Waals surface area (Å²) in [5.41, 5.74) is 2.84. The van der Waals surface area contributed by atoms with Gasteiger partial charge in [0.15, 0.2) is 0 Å². The van der Waals surface area contributed by atoms with Crippen LogP contribution in [0, 0.1) is 0 Å². The zero-order valence-corrected chi connectivity index (χ0v) is 10.9. The standard InChI is InChI=1S/C13H19NOS/c1-9-6-13(14-2)12-7-11(15-3)5-4-10(12)8-16-9/h4-5,7,9,13-14H,6,8H2,1-3H3. The van der Waals surface area contributed by atoms with Crippen molar-refractivity contribution in [1.82, 2.24) is 5.32 Å². The highest BCUT2D eigenvalue weighted by Gasteiger charge is 2.21. The quantitative estimate of drug-likeness (QED) is 0.854. The van der Waals surface area contributed by atoms with Crippen LogP contribution in [0.25, 0.3) is 0 Å². The smallest absolute Gasteiger partial charge is 0.119 e. The van der Waals surface area contributed by atoms with E-state index in [-0.39, 0.29) is 0 Å². The Morgan fingerprint density at radius 2 is 2.25 bits per heavy atom. The van der Waals surface area contributed by atoms with Crippen molar-refractivity contribution in [1.29, 1.82) is 0 Å². The molecule has 0 bridgehead atoms. The van der Waals surface area contributed by atoms with Crippen molar-refractivity contribution in [3.63, 3.8) is 0 Å². The Kier molecular flexibility index (Phi) is 3.77. The Morgan fingerprint density at radius 1 is 1.44 bits per heavy atom. The van der Waals surface area contributed by atoms with Crippen LogP contribution < -0.4 is 10.1 Å². The van der Waals surface area contributed by atoms with Gasteiger partial charge in [-0.1, -0.05) is 13.0 Å². The van der Waals surface area contributed by atoms with E-state index in [1.54, 1.807) is 7.11 Å². The molecule has 0 saturated heterocycles. The second-order valence-electron chi connectivity index (χ2n) is 4.26. The minimum Gasteiger partial charge on any atom is -0.497 e. The second-order valence-corrected chi connectivity index (χ2v) is 5.69. The zero-order valence-electron chi connectivity index (χ0n) is 10.1. The third kappa shape index (κ3) is 2.36. The maximum absolute atomic E-state index is 5.31. The molecular weight excluding hydrogens is 218 g/mol. The van der Waals surface area contributed by atoms with Gasteiger partial charge in [-0.25, -0.2) is 0 Å². The molecule has 0 fully saturated rings. The lowest BCUT2D eigenvalue weighted by atomic mass is 9.97. The lowest BCUT2D eigenvalue weighted by Gasteiger charge is -2.18. The van der Waals surface area contributed by atoms with Gasteiger partial charge < -0.3 is 10.1 Å². The van der Waals surface area contributed by atoms with Crippen LogP contribution in [-0.2, 0) is 5.75 Å². The van der Waals surface area contributed by atoms with Crippen LogP contribution in [0.5, 0.6) is 5.75 Å². The van der Waals surface area contributed by atoms with Crippen molar-refractivity contribution in [2.75, 3.05) is 14.2 Å². The van der Waals surface area contributed by atoms with Gasteiger partial charge in [-0.15, -0.1) is 0 Å². The van der Waals surface area contributed by atoms with Gasteiger partial charge in [-0.3, -0.25) is 0 Å². The van der Waals surface area contributed by atoms with Crippen molar-refractivity contribution in [3.05, 3.63) is 29.3 Å². The number of ether oxygens (including phenoxy) is 1. The van der Waals surface area contributed by atoms with Crippen LogP contribution in [0.4, 0.5) is 0 Å². The minimum atomic E-state index is 0.454. The fraction of sp³-hybridized carbons (Fsp3) is 0.538. The summed E-state index contributed by atoms with van der Waals surface area (Å²) in [6.07, 6.45) is 1.18. The molecule has 2 atom stereocenters. The predicted molar refractivity (Wildman–Crippen MR) is 70.2 cm³/mol. The average molecular weight is 237 g/mol. The van der Waals surface area contributed by atoms with Gasteiger partial charge in [-0.2, -0.15) is 11.8 Å². The molecule has 0 aliphatic carbocycles. The molecule has 0 spiro atoms. The van der Waals surface area contributed by atoms with Crippen molar-refractivity contribution in [3.8, 4) is 5.75 Å². The summed E-state index contributed by atoms with van der Waals surface area (Å²) in [5, 5.41) is 4.12. The predicted octanol–water partition coefficient (Wildman–Crippen LogP) is 2.98. The van der Waals surface area contributed by atoms with Crippen molar-refractivity contribution < 1.29 is 4.74 Å². The monoisotopic (exact) mass is 237 g/mol. The van der Waals surface area contributed by atoms with Crippen molar-refractivity contribution in [2.45, 2.75) is 30.4 Å². The van der Waals surface area contributed by atoms with E-state index in [0.717, 1.165) is 11.5 Å². The lowest BCUT2D eigenvalue weighted by Crippen LogP contribution is -2.19. The van der Waals surface area contributed by atoms with Crippen LogP contribution in [-0.4, -0.2) is 19.4 Å². The third-order valence-electron chi connectivity index (χ3n) is 3.17. The molecule has 1 aliphatic heterocycles. The summed E-state index contributed by atoms with van der Waals surface area (Å²) in [4.78, 5) is 0. The van der Waals surface area contributed by atoms with Crippen molar-refractivity contribution in [2.24, 2.45) is 0 Å². The number of thioether (sulfide) groups is 1. The van der Waals surface area contributed by atoms with E-state index in [2.05, 4.69) is 30.4 Å². The van der Waals surface area contributed by atoms with E-state index in [1.165, 1.54) is 17.5 Å². The molecule has 0 amide bonds. The van der Waals surface area contributed by atoms with E-state index >= 15 is 0 Å². The molecular formula is C13H19NOS. The SMILES string of the molecule is CNC1CC(C)SCc2ccc(OC)cc21. The van der Waals surface area contributed by atoms with Gasteiger partial charge in [0.1, 0.15) is 5.75 Å². The molecule has 1 aromatic carbocycles. The van der Waals surface area contributed by atoms with E-state index < -0.39 is 0 Å². The zero-order chi connectivity index (χ0) is 11.5. The topological polar surface area (TPSA) is 21.3 Å². The molecule has 2 nitrogen and oxygen atoms in total. The van der Waals surface area contributed by atoms with Gasteiger partial charge >= 0.3 is 0 Å². The first-order chi connectivity index (χ1) is 7.74. The number of hydrogen-bond acceptors (Lipinski definition) is 3. The summed E-state index contributed by atoms with van der Waals surface area (Å²) in [6.45, 7) is 2.30. The number of benzene rings is 1. The van der Waals surface area contributed by atoms with Crippen LogP contribution in [0.2, 0.25) is 0 Å². The summed E-state index contributed by atoms with van der Waals surface area (Å²) in [5.74, 6) is 2.07. The normalized spacial score (nSPS) is 24.7. The Bertz CT molecular complexity index is 367. The van der Waals surface area contributed by atoms with Crippen LogP contribution in [0.15, 0.2) is 18.2 Å². The molecule has 1 heterocycles. The van der Waals surface area contributed by atoms with Crippen molar-refractivity contribution >= 4 is 11.8 Å². The summed E-state index contributed by atoms with van der Waals surface area (Å²) in [6, 6.07) is 6.89. The highest BCUT2D eigenvalue weighted by molar-refractivity contribution is 7.99. The first-order valence-electron chi connectivity index (χ1n) is 5.70. The Hall–Kier alpha value is -0.670. The van der Waals surface area contributed by atoms with Crippen LogP contribution in [0.3, 0.4) is 0 Å². The molecule has 1 aliphatic rings. The van der Waals surface area contributed by atoms with Gasteiger partial charge in [0.05, 0.1) is 7.11 Å². The lowest BCUT2D eigenvalue weighted by molar-refractivity contribution is 0.412. The minimum absolute atomic E-state index is 0.454. The maximum Gasteiger partial charge on any atom is 0.119 e. The van der Waals surface area contributed by atoms with Gasteiger partial charge in [0.2, 0.25) is 0 Å². The Labute approximate surface area is 102 Å². The molecule has 1 N–H and O–H groups in total. The van der Waals surface area contributed by atoms with E-state index in [9.17, 15) is 0 Å². The summed E-state index contributed by atoms with van der Waals surface area (Å²) >= 11 is 2.03. The number of rotatable bonds is 2. The van der Waals surface area contributed by atoms with Gasteiger partial charge in [-0.05, 0) is 36.7 Å². The molecule has 0 saturated carbocycles. The molecule has 3 heteroatoms. The second kappa shape index (κ2) is 5.11. The highest BCUT2D eigenvalue weighted by Crippen LogP contribution is 2.36. The highest BCUT2D eigenvalue weighted by atomic mass is 32.2. The number of fused-ring (bicyclic) bond motifs is 1. The third-order valence-corrected chi connectivity index (χ3v) is 4.41. The van der Waals surface area contributed by atoms with Gasteiger partial charge in [0.25, 0.3) is 0 Å². The molecule has 2 unspecified atom stereocenters. The fourth-order valence-corrected chi connectivity index (χ4v) is 3.24. The first-order valence-corrected chi connectivity index (χ1v) is 6.75. The largest absolute Gasteiger partial charge is 0.497 e. The summed E-state index contributed by atoms with van der Waals surface area (Å²) in [7, 11) is 3.76. The van der Waals surface area contributed by atoms with E-state index in [0.29, 0.717) is 11.3 Å². The molecule has 16 heavy (non-hydrogen) atoms. The van der Waals surface area contributed by atoms with Gasteiger partial charge in [0, 0.05) is 17.0 Å². The number of nitrogens with one attached hydrogen (secondary N) is 1. The molecule has 88 valence electrons. The van der Waals surface area contributed by atoms with E-state index in [4.69, 9.17) is 4.74 Å². The number of hydrogen-bond donors (Lipinski definition) is 1. The first kappa shape index (κ1) is 11.8. The molecule has 0 radical (unpaired) electrons. The maximum atomic E-state index is 5.31. The number of methoxy groups -OCH3 is 1. The Balaban J connectivity index is 2.37. The Morgan fingerprint density at radius 3 is 2.94 bits per heavy atom. The van der Waals surface area contributed by atoms with Crippen LogP contribution >= 0.6 is 11.8 Å². The molecule has 2 rings (SSSR count).